The smallest absolute Gasteiger partial charge is 0.272 e. The summed E-state index contributed by atoms with van der Waals surface area (Å²) in [6, 6.07) is 16.0. The second-order valence-corrected chi connectivity index (χ2v) is 8.50. The van der Waals surface area contributed by atoms with E-state index in [1.165, 1.54) is 6.07 Å². The number of carbonyl (C=O) groups is 2. The lowest BCUT2D eigenvalue weighted by Gasteiger charge is -2.24. The normalized spacial score (nSPS) is 16.7. The molecule has 1 saturated heterocycles. The van der Waals surface area contributed by atoms with Gasteiger partial charge in [-0.3, -0.25) is 14.3 Å². The molecule has 3 aromatic rings. The molecule has 0 spiro atoms. The number of nitrogens with zero attached hydrogens (tertiary/aromatic N) is 4. The average Bonchev–Trinajstić information content (AvgIpc) is 3.19. The fourth-order valence-corrected chi connectivity index (χ4v) is 4.46. The van der Waals surface area contributed by atoms with Crippen molar-refractivity contribution in [3.05, 3.63) is 77.9 Å². The summed E-state index contributed by atoms with van der Waals surface area (Å²) in [5.41, 5.74) is 2.76. The molecule has 1 aromatic heterocycles. The monoisotopic (exact) mass is 448 g/mol. The zero-order chi connectivity index (χ0) is 23.4. The first-order valence-corrected chi connectivity index (χ1v) is 11.4. The minimum absolute atomic E-state index is 0.0634. The van der Waals surface area contributed by atoms with Crippen LogP contribution in [-0.2, 0) is 18.3 Å². The number of aromatic nitrogens is 2. The predicted molar refractivity (Wildman–Crippen MR) is 125 cm³/mol. The molecule has 2 aromatic carbocycles. The van der Waals surface area contributed by atoms with Crippen molar-refractivity contribution in [1.29, 1.82) is 0 Å². The highest BCUT2D eigenvalue weighted by Crippen LogP contribution is 2.25. The van der Waals surface area contributed by atoms with Crippen molar-refractivity contribution in [2.24, 2.45) is 13.0 Å². The molecule has 2 amide bonds. The van der Waals surface area contributed by atoms with Crippen LogP contribution in [0.1, 0.15) is 29.4 Å². The van der Waals surface area contributed by atoms with E-state index < -0.39 is 0 Å². The molecule has 4 rings (SSSR count). The molecular formula is C26H29FN4O2. The molecule has 0 radical (unpaired) electrons. The van der Waals surface area contributed by atoms with Crippen LogP contribution in [0.2, 0.25) is 0 Å². The topological polar surface area (TPSA) is 58.4 Å². The van der Waals surface area contributed by atoms with Crippen molar-refractivity contribution in [2.45, 2.75) is 19.8 Å². The molecule has 6 nitrogen and oxygen atoms in total. The number of amides is 2. The minimum Gasteiger partial charge on any atom is -0.341 e. The molecule has 0 aliphatic carbocycles. The summed E-state index contributed by atoms with van der Waals surface area (Å²) in [6.45, 7) is 4.05. The lowest BCUT2D eigenvalue weighted by atomic mass is 9.94. The Hall–Kier alpha value is -3.48. The van der Waals surface area contributed by atoms with E-state index in [0.29, 0.717) is 43.9 Å². The highest BCUT2D eigenvalue weighted by Gasteiger charge is 2.33. The van der Waals surface area contributed by atoms with Crippen LogP contribution >= 0.6 is 0 Å². The first-order chi connectivity index (χ1) is 16.0. The number of benzene rings is 2. The van der Waals surface area contributed by atoms with Crippen LogP contribution < -0.4 is 0 Å². The molecule has 33 heavy (non-hydrogen) atoms. The Morgan fingerprint density at radius 3 is 2.67 bits per heavy atom. The van der Waals surface area contributed by atoms with E-state index in [0.717, 1.165) is 17.5 Å². The Morgan fingerprint density at radius 1 is 1.12 bits per heavy atom. The Bertz CT molecular complexity index is 1140. The Balaban J connectivity index is 1.60. The van der Waals surface area contributed by atoms with Gasteiger partial charge in [-0.1, -0.05) is 49.4 Å². The molecular weight excluding hydrogens is 419 g/mol. The first-order valence-electron chi connectivity index (χ1n) is 11.4. The van der Waals surface area contributed by atoms with Crippen LogP contribution in [0.3, 0.4) is 0 Å². The Labute approximate surface area is 193 Å². The van der Waals surface area contributed by atoms with Crippen molar-refractivity contribution in [2.75, 3.05) is 26.2 Å². The molecule has 1 aliphatic rings. The predicted octanol–water partition coefficient (Wildman–Crippen LogP) is 3.78. The molecule has 1 fully saturated rings. The van der Waals surface area contributed by atoms with Gasteiger partial charge in [0, 0.05) is 45.0 Å². The van der Waals surface area contributed by atoms with Gasteiger partial charge in [-0.25, -0.2) is 4.39 Å². The SMILES string of the molecule is CCCN1CCN(C(=O)c2ccnn2C)CC(Cc2cccc(-c3ccccc3F)c2)C1=O. The number of carbonyl (C=O) groups excluding carboxylic acids is 2. The summed E-state index contributed by atoms with van der Waals surface area (Å²) in [6.07, 6.45) is 2.94. The zero-order valence-corrected chi connectivity index (χ0v) is 19.1. The molecule has 172 valence electrons. The van der Waals surface area contributed by atoms with E-state index >= 15 is 0 Å². The molecule has 0 saturated carbocycles. The van der Waals surface area contributed by atoms with Gasteiger partial charge in [-0.05, 0) is 36.1 Å². The van der Waals surface area contributed by atoms with Crippen molar-refractivity contribution in [1.82, 2.24) is 19.6 Å². The third kappa shape index (κ3) is 4.97. The highest BCUT2D eigenvalue weighted by atomic mass is 19.1. The summed E-state index contributed by atoms with van der Waals surface area (Å²) in [5, 5.41) is 4.11. The fourth-order valence-electron chi connectivity index (χ4n) is 4.46. The Kier molecular flexibility index (Phi) is 6.87. The molecule has 1 atom stereocenters. The van der Waals surface area contributed by atoms with Crippen LogP contribution in [0.4, 0.5) is 4.39 Å². The van der Waals surface area contributed by atoms with E-state index in [4.69, 9.17) is 0 Å². The number of halogens is 1. The summed E-state index contributed by atoms with van der Waals surface area (Å²) >= 11 is 0. The maximum atomic E-state index is 14.3. The maximum Gasteiger partial charge on any atom is 0.272 e. The molecule has 2 heterocycles. The molecule has 0 bridgehead atoms. The summed E-state index contributed by atoms with van der Waals surface area (Å²) in [7, 11) is 1.74. The lowest BCUT2D eigenvalue weighted by Crippen LogP contribution is -2.38. The number of rotatable bonds is 6. The Morgan fingerprint density at radius 2 is 1.94 bits per heavy atom. The van der Waals surface area contributed by atoms with E-state index in [9.17, 15) is 14.0 Å². The summed E-state index contributed by atoms with van der Waals surface area (Å²) in [5.74, 6) is -0.700. The first kappa shape index (κ1) is 22.7. The van der Waals surface area contributed by atoms with Crippen molar-refractivity contribution >= 4 is 11.8 Å². The van der Waals surface area contributed by atoms with E-state index in [1.54, 1.807) is 41.0 Å². The molecule has 1 unspecified atom stereocenters. The van der Waals surface area contributed by atoms with Crippen LogP contribution in [0, 0.1) is 11.7 Å². The van der Waals surface area contributed by atoms with E-state index in [2.05, 4.69) is 5.10 Å². The van der Waals surface area contributed by atoms with Gasteiger partial charge in [0.2, 0.25) is 5.91 Å². The summed E-state index contributed by atoms with van der Waals surface area (Å²) in [4.78, 5) is 30.2. The maximum absolute atomic E-state index is 14.3. The fraction of sp³-hybridized carbons (Fsp3) is 0.346. The molecule has 0 N–H and O–H groups in total. The van der Waals surface area contributed by atoms with Crippen LogP contribution in [0.15, 0.2) is 60.8 Å². The third-order valence-electron chi connectivity index (χ3n) is 6.16. The van der Waals surface area contributed by atoms with Crippen molar-refractivity contribution in [3.8, 4) is 11.1 Å². The van der Waals surface area contributed by atoms with Crippen LogP contribution in [0.25, 0.3) is 11.1 Å². The van der Waals surface area contributed by atoms with Gasteiger partial charge >= 0.3 is 0 Å². The lowest BCUT2D eigenvalue weighted by molar-refractivity contribution is -0.134. The van der Waals surface area contributed by atoms with Crippen molar-refractivity contribution in [3.63, 3.8) is 0 Å². The summed E-state index contributed by atoms with van der Waals surface area (Å²) < 4.78 is 15.9. The van der Waals surface area contributed by atoms with Gasteiger partial charge < -0.3 is 9.80 Å². The standard InChI is InChI=1S/C26H29FN4O2/c1-3-13-30-14-15-31(26(33)24-11-12-28-29(24)2)18-21(25(30)32)17-19-7-6-8-20(16-19)22-9-4-5-10-23(22)27/h4-12,16,21H,3,13-15,17-18H2,1-2H3. The van der Waals surface area contributed by atoms with Crippen LogP contribution in [-0.4, -0.2) is 57.6 Å². The van der Waals surface area contributed by atoms with Crippen molar-refractivity contribution < 1.29 is 14.0 Å². The number of aryl methyl sites for hydroxylation is 1. The van der Waals surface area contributed by atoms with Gasteiger partial charge in [0.05, 0.1) is 5.92 Å². The zero-order valence-electron chi connectivity index (χ0n) is 19.1. The quantitative estimate of drug-likeness (QED) is 0.577. The molecule has 1 aliphatic heterocycles. The van der Waals surface area contributed by atoms with Gasteiger partial charge in [0.15, 0.2) is 0 Å². The number of hydrogen-bond acceptors (Lipinski definition) is 3. The van der Waals surface area contributed by atoms with Gasteiger partial charge in [-0.2, -0.15) is 5.10 Å². The van der Waals surface area contributed by atoms with E-state index in [-0.39, 0.29) is 23.5 Å². The van der Waals surface area contributed by atoms with Gasteiger partial charge in [0.1, 0.15) is 11.5 Å². The average molecular weight is 449 g/mol. The van der Waals surface area contributed by atoms with Gasteiger partial charge in [0.25, 0.3) is 5.91 Å². The second kappa shape index (κ2) is 9.98. The minimum atomic E-state index is -0.368. The molecule has 7 heteroatoms. The second-order valence-electron chi connectivity index (χ2n) is 8.50. The van der Waals surface area contributed by atoms with E-state index in [1.807, 2.05) is 42.2 Å². The number of hydrogen-bond donors (Lipinski definition) is 0. The third-order valence-corrected chi connectivity index (χ3v) is 6.16. The van der Waals surface area contributed by atoms with Gasteiger partial charge in [-0.15, -0.1) is 0 Å². The van der Waals surface area contributed by atoms with Crippen LogP contribution in [0.5, 0.6) is 0 Å². The largest absolute Gasteiger partial charge is 0.341 e. The highest BCUT2D eigenvalue weighted by molar-refractivity contribution is 5.93.